The second kappa shape index (κ2) is 8.54. The maximum absolute atomic E-state index is 11.6. The fourth-order valence-electron chi connectivity index (χ4n) is 5.03. The van der Waals surface area contributed by atoms with Crippen LogP contribution in [0.4, 0.5) is 5.69 Å². The van der Waals surface area contributed by atoms with Gasteiger partial charge in [0, 0.05) is 18.7 Å². The van der Waals surface area contributed by atoms with Crippen molar-refractivity contribution >= 4 is 5.69 Å². The van der Waals surface area contributed by atoms with Crippen LogP contribution >= 0.6 is 0 Å². The normalized spacial score (nSPS) is 47.3. The zero-order valence-corrected chi connectivity index (χ0v) is 17.9. The summed E-state index contributed by atoms with van der Waals surface area (Å²) in [6.07, 6.45) is -5.61. The molecule has 0 amide bonds. The lowest BCUT2D eigenvalue weighted by Gasteiger charge is -2.60. The first-order valence-electron chi connectivity index (χ1n) is 10.7. The molecule has 1 aromatic carbocycles. The first-order chi connectivity index (χ1) is 14.7. The van der Waals surface area contributed by atoms with Crippen molar-refractivity contribution in [2.75, 3.05) is 26.0 Å². The highest BCUT2D eigenvalue weighted by Crippen LogP contribution is 2.46. The summed E-state index contributed by atoms with van der Waals surface area (Å²) in [6, 6.07) is 7.97. The maximum Gasteiger partial charge on any atom is 0.250 e. The predicted octanol–water partition coefficient (Wildman–Crippen LogP) is -1.65. The molecule has 3 aliphatic rings. The van der Waals surface area contributed by atoms with E-state index in [-0.39, 0.29) is 13.0 Å². The Morgan fingerprint density at radius 2 is 1.65 bits per heavy atom. The Morgan fingerprint density at radius 3 is 2.29 bits per heavy atom. The van der Waals surface area contributed by atoms with Gasteiger partial charge in [0.25, 0.3) is 0 Å². The van der Waals surface area contributed by atoms with Crippen molar-refractivity contribution in [3.63, 3.8) is 0 Å². The molecule has 0 radical (unpaired) electrons. The number of para-hydroxylation sites is 1. The van der Waals surface area contributed by atoms with Gasteiger partial charge in [0.15, 0.2) is 0 Å². The van der Waals surface area contributed by atoms with E-state index >= 15 is 0 Å². The van der Waals surface area contributed by atoms with E-state index in [1.807, 2.05) is 30.3 Å². The van der Waals surface area contributed by atoms with Crippen LogP contribution in [0.15, 0.2) is 30.3 Å². The average Bonchev–Trinajstić information content (AvgIpc) is 2.74. The van der Waals surface area contributed by atoms with E-state index in [9.17, 15) is 20.4 Å². The molecule has 1 aromatic rings. The zero-order chi connectivity index (χ0) is 22.4. The van der Waals surface area contributed by atoms with Crippen molar-refractivity contribution in [1.29, 1.82) is 0 Å². The number of hydrogen-bond donors (Lipinski definition) is 7. The van der Waals surface area contributed by atoms with Crippen LogP contribution in [0, 0.1) is 0 Å². The van der Waals surface area contributed by atoms with Gasteiger partial charge in [-0.15, -0.1) is 0 Å². The number of nitrogens with one attached hydrogen (secondary N) is 3. The van der Waals surface area contributed by atoms with Crippen LogP contribution in [-0.2, 0) is 14.2 Å². The summed E-state index contributed by atoms with van der Waals surface area (Å²) in [5.41, 5.74) is -0.984. The summed E-state index contributed by atoms with van der Waals surface area (Å²) < 4.78 is 17.9. The van der Waals surface area contributed by atoms with Crippen LogP contribution in [0.25, 0.3) is 0 Å². The largest absolute Gasteiger partial charge is 0.390 e. The molecule has 1 aliphatic carbocycles. The van der Waals surface area contributed by atoms with Crippen LogP contribution < -0.4 is 16.0 Å². The monoisotopic (exact) mass is 439 g/mol. The lowest BCUT2D eigenvalue weighted by Crippen LogP contribution is -2.81. The predicted molar refractivity (Wildman–Crippen MR) is 111 cm³/mol. The van der Waals surface area contributed by atoms with E-state index in [0.29, 0.717) is 0 Å². The molecule has 2 saturated heterocycles. The summed E-state index contributed by atoms with van der Waals surface area (Å²) in [4.78, 5) is 0. The first-order valence-corrected chi connectivity index (χ1v) is 10.7. The number of rotatable bonds is 5. The van der Waals surface area contributed by atoms with E-state index in [1.54, 1.807) is 21.0 Å². The number of likely N-dealkylation sites (N-methyl/N-ethyl adjacent to an activating group) is 2. The SMILES string of the molecule is CN[C@@H]1[C@H](O)[C@H](NC)[C@H]2O[C@]3(O)[C@H](OC2[C@H]1O)O[C@H](C)C[C@@]3(O)CNc1ccccc1. The van der Waals surface area contributed by atoms with Crippen molar-refractivity contribution in [2.45, 2.75) is 73.6 Å². The van der Waals surface area contributed by atoms with Gasteiger partial charge >= 0.3 is 0 Å². The summed E-state index contributed by atoms with van der Waals surface area (Å²) in [6.45, 7) is 1.75. The Morgan fingerprint density at radius 1 is 0.968 bits per heavy atom. The molecular formula is C21H33N3O7. The Kier molecular flexibility index (Phi) is 6.29. The third kappa shape index (κ3) is 3.75. The topological polar surface area (TPSA) is 145 Å². The summed E-state index contributed by atoms with van der Waals surface area (Å²) in [5.74, 6) is -2.22. The van der Waals surface area contributed by atoms with Crippen LogP contribution in [0.3, 0.4) is 0 Å². The molecule has 10 atom stereocenters. The molecule has 31 heavy (non-hydrogen) atoms. The Bertz CT molecular complexity index is 758. The van der Waals surface area contributed by atoms with Gasteiger partial charge in [0.05, 0.1) is 24.3 Å². The van der Waals surface area contributed by atoms with E-state index in [1.165, 1.54) is 0 Å². The summed E-state index contributed by atoms with van der Waals surface area (Å²) >= 11 is 0. The fourth-order valence-corrected chi connectivity index (χ4v) is 5.03. The average molecular weight is 440 g/mol. The van der Waals surface area contributed by atoms with Crippen LogP contribution in [0.2, 0.25) is 0 Å². The van der Waals surface area contributed by atoms with Gasteiger partial charge in [0.2, 0.25) is 12.1 Å². The number of hydrogen-bond acceptors (Lipinski definition) is 10. The quantitative estimate of drug-likeness (QED) is 0.285. The lowest BCUT2D eigenvalue weighted by molar-refractivity contribution is -0.481. The van der Waals surface area contributed by atoms with Gasteiger partial charge in [-0.2, -0.15) is 0 Å². The molecule has 7 N–H and O–H groups in total. The number of aliphatic hydroxyl groups is 4. The molecule has 0 aromatic heterocycles. The molecule has 174 valence electrons. The molecular weight excluding hydrogens is 406 g/mol. The molecule has 1 saturated carbocycles. The number of aliphatic hydroxyl groups excluding tert-OH is 2. The Balaban J connectivity index is 1.63. The minimum atomic E-state index is -2.22. The molecule has 2 heterocycles. The van der Waals surface area contributed by atoms with E-state index in [4.69, 9.17) is 14.2 Å². The summed E-state index contributed by atoms with van der Waals surface area (Å²) in [7, 11) is 3.29. The second-order valence-corrected chi connectivity index (χ2v) is 8.72. The van der Waals surface area contributed by atoms with E-state index in [0.717, 1.165) is 5.69 Å². The van der Waals surface area contributed by atoms with Gasteiger partial charge in [-0.05, 0) is 33.2 Å². The highest BCUT2D eigenvalue weighted by Gasteiger charge is 2.68. The van der Waals surface area contributed by atoms with Gasteiger partial charge in [-0.3, -0.25) is 0 Å². The molecule has 1 unspecified atom stereocenters. The van der Waals surface area contributed by atoms with Crippen LogP contribution in [-0.4, -0.2) is 101 Å². The summed E-state index contributed by atoms with van der Waals surface area (Å²) in [5, 5.41) is 53.7. The molecule has 10 nitrogen and oxygen atoms in total. The third-order valence-corrected chi connectivity index (χ3v) is 6.71. The van der Waals surface area contributed by atoms with Crippen molar-refractivity contribution in [3.8, 4) is 0 Å². The highest BCUT2D eigenvalue weighted by molar-refractivity contribution is 5.43. The van der Waals surface area contributed by atoms with Crippen molar-refractivity contribution < 1.29 is 34.6 Å². The van der Waals surface area contributed by atoms with Crippen LogP contribution in [0.5, 0.6) is 0 Å². The number of ether oxygens (including phenoxy) is 3. The van der Waals surface area contributed by atoms with Crippen molar-refractivity contribution in [1.82, 2.24) is 10.6 Å². The zero-order valence-electron chi connectivity index (χ0n) is 17.9. The van der Waals surface area contributed by atoms with Gasteiger partial charge in [-0.1, -0.05) is 18.2 Å². The van der Waals surface area contributed by atoms with Gasteiger partial charge in [-0.25, -0.2) is 0 Å². The number of fused-ring (bicyclic) bond motifs is 2. The molecule has 0 spiro atoms. The van der Waals surface area contributed by atoms with Crippen LogP contribution in [0.1, 0.15) is 13.3 Å². The van der Waals surface area contributed by atoms with E-state index < -0.39 is 60.3 Å². The standard InChI is InChI=1S/C21H33N3O7/c1-11-9-20(27,10-24-12-7-5-4-6-8-12)21(28)19(29-11)30-18-16(26)13(22-2)15(25)14(23-3)17(18)31-21/h4-8,11,13-19,22-28H,9-10H2,1-3H3/t11-,13-,14+,15+,16+,17-,18?,19+,20-,21-/m1/s1. The minimum Gasteiger partial charge on any atom is -0.390 e. The fraction of sp³-hybridized carbons (Fsp3) is 0.714. The Labute approximate surface area is 181 Å². The second-order valence-electron chi connectivity index (χ2n) is 8.72. The van der Waals surface area contributed by atoms with Crippen molar-refractivity contribution in [3.05, 3.63) is 30.3 Å². The first kappa shape index (κ1) is 22.8. The molecule has 0 bridgehead atoms. The molecule has 10 heteroatoms. The van der Waals surface area contributed by atoms with Gasteiger partial charge in [0.1, 0.15) is 23.9 Å². The highest BCUT2D eigenvalue weighted by atomic mass is 16.8. The molecule has 4 rings (SSSR count). The Hall–Kier alpha value is -1.34. The van der Waals surface area contributed by atoms with Gasteiger partial charge < -0.3 is 50.6 Å². The van der Waals surface area contributed by atoms with Crippen molar-refractivity contribution in [2.24, 2.45) is 0 Å². The number of anilines is 1. The minimum absolute atomic E-state index is 0.0209. The molecule has 3 fully saturated rings. The molecule has 2 aliphatic heterocycles. The smallest absolute Gasteiger partial charge is 0.250 e. The lowest BCUT2D eigenvalue weighted by atomic mass is 9.77. The maximum atomic E-state index is 11.6. The number of benzene rings is 1. The van der Waals surface area contributed by atoms with E-state index in [2.05, 4.69) is 16.0 Å². The third-order valence-electron chi connectivity index (χ3n) is 6.71.